The van der Waals surface area contributed by atoms with Crippen LogP contribution in [0.25, 0.3) is 0 Å². The van der Waals surface area contributed by atoms with E-state index >= 15 is 0 Å². The molecule has 1 amide bonds. The van der Waals surface area contributed by atoms with Crippen molar-refractivity contribution >= 4 is 13.7 Å². The average molecular weight is 818 g/mol. The number of carbonyl (C=O) groups is 1. The molecule has 0 heterocycles. The Morgan fingerprint density at radius 3 is 1.61 bits per heavy atom. The predicted molar refractivity (Wildman–Crippen MR) is 219 cm³/mol. The molecule has 13 nitrogen and oxygen atoms in total. The van der Waals surface area contributed by atoms with E-state index in [2.05, 4.69) is 49.5 Å². The Hall–Kier alpha value is -1.74. The lowest BCUT2D eigenvalue weighted by molar-refractivity contribution is -0.220. The summed E-state index contributed by atoms with van der Waals surface area (Å²) in [5.41, 5.74) is 0. The molecule has 14 heteroatoms. The highest BCUT2D eigenvalue weighted by Gasteiger charge is 2.51. The molecule has 0 saturated heterocycles. The van der Waals surface area contributed by atoms with Crippen LogP contribution in [0.15, 0.2) is 48.6 Å². The summed E-state index contributed by atoms with van der Waals surface area (Å²) in [4.78, 5) is 23.3. The van der Waals surface area contributed by atoms with Crippen molar-refractivity contribution < 1.29 is 59.0 Å². The quantitative estimate of drug-likeness (QED) is 0.0212. The molecule has 8 unspecified atom stereocenters. The van der Waals surface area contributed by atoms with Gasteiger partial charge in [-0.25, -0.2) is 4.57 Å². The van der Waals surface area contributed by atoms with Crippen molar-refractivity contribution in [3.05, 3.63) is 48.6 Å². The maximum absolute atomic E-state index is 12.9. The van der Waals surface area contributed by atoms with Crippen LogP contribution in [0.3, 0.4) is 0 Å². The lowest BCUT2D eigenvalue weighted by atomic mass is 9.85. The van der Waals surface area contributed by atoms with Gasteiger partial charge in [0.1, 0.15) is 36.6 Å². The highest BCUT2D eigenvalue weighted by molar-refractivity contribution is 7.47. The molecule has 1 rings (SSSR count). The molecule has 0 aromatic carbocycles. The van der Waals surface area contributed by atoms with Crippen LogP contribution >= 0.6 is 7.82 Å². The van der Waals surface area contributed by atoms with Crippen LogP contribution in [0.4, 0.5) is 0 Å². The molecule has 326 valence electrons. The number of rotatable bonds is 33. The SMILES string of the molecule is CCCCC/C=C/CC/C=C/CC/C=C/C(O)C(COP(=O)(O)OC1C(O)C(O)C(O)C(O)C1O)NC(=O)CC(O)CCCCCCC/C=C\CCCCCC. The summed E-state index contributed by atoms with van der Waals surface area (Å²) < 4.78 is 22.8. The fourth-order valence-corrected chi connectivity index (χ4v) is 7.29. The molecule has 1 fully saturated rings. The number of aliphatic hydroxyl groups excluding tert-OH is 7. The van der Waals surface area contributed by atoms with Crippen molar-refractivity contribution in [3.63, 3.8) is 0 Å². The zero-order valence-corrected chi connectivity index (χ0v) is 34.9. The molecule has 0 spiro atoms. The maximum atomic E-state index is 12.9. The molecule has 1 aliphatic rings. The molecule has 9 N–H and O–H groups in total. The van der Waals surface area contributed by atoms with E-state index in [1.165, 1.54) is 51.0 Å². The Bertz CT molecular complexity index is 1150. The fourth-order valence-electron chi connectivity index (χ4n) is 6.32. The molecule has 0 aliphatic heterocycles. The number of phosphoric acid groups is 1. The number of hydrogen-bond donors (Lipinski definition) is 9. The number of unbranched alkanes of at least 4 members (excludes halogenated alkanes) is 14. The molecule has 0 radical (unpaired) electrons. The van der Waals surface area contributed by atoms with Crippen molar-refractivity contribution in [1.29, 1.82) is 0 Å². The second kappa shape index (κ2) is 32.2. The van der Waals surface area contributed by atoms with Crippen LogP contribution < -0.4 is 5.32 Å². The van der Waals surface area contributed by atoms with Gasteiger partial charge in [0.25, 0.3) is 0 Å². The average Bonchev–Trinajstić information content (AvgIpc) is 3.17. The predicted octanol–water partition coefficient (Wildman–Crippen LogP) is 5.97. The number of phosphoric ester groups is 1. The molecular weight excluding hydrogens is 741 g/mol. The topological polar surface area (TPSA) is 226 Å². The van der Waals surface area contributed by atoms with Crippen molar-refractivity contribution in [2.75, 3.05) is 6.61 Å². The first-order chi connectivity index (χ1) is 26.8. The molecule has 0 aromatic heterocycles. The fraction of sp³-hybridized carbons (Fsp3) is 0.786. The van der Waals surface area contributed by atoms with E-state index < -0.39 is 75.2 Å². The maximum Gasteiger partial charge on any atom is 0.472 e. The number of carbonyl (C=O) groups excluding carboxylic acids is 1. The van der Waals surface area contributed by atoms with Gasteiger partial charge in [-0.1, -0.05) is 120 Å². The first-order valence-electron chi connectivity index (χ1n) is 21.2. The van der Waals surface area contributed by atoms with Gasteiger partial charge < -0.3 is 46.0 Å². The van der Waals surface area contributed by atoms with E-state index in [1.54, 1.807) is 6.08 Å². The van der Waals surface area contributed by atoms with Gasteiger partial charge in [0, 0.05) is 0 Å². The molecule has 1 saturated carbocycles. The van der Waals surface area contributed by atoms with Gasteiger partial charge in [0.05, 0.1) is 31.3 Å². The van der Waals surface area contributed by atoms with Crippen LogP contribution in [0.5, 0.6) is 0 Å². The summed E-state index contributed by atoms with van der Waals surface area (Å²) in [6.07, 6.45) is 22.1. The number of amides is 1. The molecule has 8 atom stereocenters. The molecule has 0 aromatic rings. The Kier molecular flexibility index (Phi) is 30.0. The van der Waals surface area contributed by atoms with Gasteiger partial charge in [-0.3, -0.25) is 13.8 Å². The van der Waals surface area contributed by atoms with Crippen LogP contribution in [0, 0.1) is 0 Å². The Morgan fingerprint density at radius 1 is 0.625 bits per heavy atom. The van der Waals surface area contributed by atoms with E-state index in [9.17, 15) is 50.0 Å². The van der Waals surface area contributed by atoms with E-state index in [0.717, 1.165) is 64.2 Å². The summed E-state index contributed by atoms with van der Waals surface area (Å²) in [7, 11) is -5.15. The lowest BCUT2D eigenvalue weighted by Gasteiger charge is -2.41. The monoisotopic (exact) mass is 818 g/mol. The Labute approximate surface area is 336 Å². The van der Waals surface area contributed by atoms with Gasteiger partial charge in [-0.05, 0) is 70.6 Å². The van der Waals surface area contributed by atoms with Crippen LogP contribution in [-0.2, 0) is 18.4 Å². The second-order valence-corrected chi connectivity index (χ2v) is 16.4. The first-order valence-corrected chi connectivity index (χ1v) is 22.7. The minimum Gasteiger partial charge on any atom is -0.393 e. The van der Waals surface area contributed by atoms with Crippen molar-refractivity contribution in [2.24, 2.45) is 0 Å². The highest BCUT2D eigenvalue weighted by atomic mass is 31.2. The van der Waals surface area contributed by atoms with Gasteiger partial charge in [0.15, 0.2) is 0 Å². The smallest absolute Gasteiger partial charge is 0.393 e. The summed E-state index contributed by atoms with van der Waals surface area (Å²) in [6.45, 7) is 3.64. The Balaban J connectivity index is 2.66. The lowest BCUT2D eigenvalue weighted by Crippen LogP contribution is -2.64. The van der Waals surface area contributed by atoms with Gasteiger partial charge in [-0.2, -0.15) is 0 Å². The normalized spacial score (nSPS) is 24.7. The standard InChI is InChI=1S/C42H76NO12P/c1-3-5-7-9-11-13-15-17-19-21-23-25-27-29-33(44)31-36(46)43-34(35(45)30-28-26-24-22-20-18-16-14-12-10-8-6-4-2)32-54-56(52,53)55-42-40(50)38(48)37(47)39(49)41(42)51/h12-15,20,22,28,30,33-35,37-42,44-45,47-51H,3-11,16-19,21,23-27,29,31-32H2,1-2H3,(H,43,46)(H,52,53)/b14-12+,15-13-,22-20+,30-28+. The largest absolute Gasteiger partial charge is 0.472 e. The van der Waals surface area contributed by atoms with Crippen molar-refractivity contribution in [2.45, 2.75) is 204 Å². The van der Waals surface area contributed by atoms with E-state index in [0.29, 0.717) is 19.3 Å². The van der Waals surface area contributed by atoms with E-state index in [4.69, 9.17) is 9.05 Å². The minimum atomic E-state index is -5.15. The number of nitrogens with one attached hydrogen (secondary N) is 1. The second-order valence-electron chi connectivity index (χ2n) is 15.0. The van der Waals surface area contributed by atoms with Crippen molar-refractivity contribution in [3.8, 4) is 0 Å². The summed E-state index contributed by atoms with van der Waals surface area (Å²) in [5.74, 6) is -0.616. The zero-order valence-electron chi connectivity index (χ0n) is 34.0. The van der Waals surface area contributed by atoms with Gasteiger partial charge in [-0.15, -0.1) is 0 Å². The number of hydrogen-bond acceptors (Lipinski definition) is 11. The molecule has 0 bridgehead atoms. The highest BCUT2D eigenvalue weighted by Crippen LogP contribution is 2.47. The third kappa shape index (κ3) is 24.2. The van der Waals surface area contributed by atoms with Gasteiger partial charge in [0.2, 0.25) is 5.91 Å². The summed E-state index contributed by atoms with van der Waals surface area (Å²) >= 11 is 0. The van der Waals surface area contributed by atoms with Gasteiger partial charge >= 0.3 is 7.82 Å². The first kappa shape index (κ1) is 52.3. The molecule has 56 heavy (non-hydrogen) atoms. The number of allylic oxidation sites excluding steroid dienone is 7. The third-order valence-corrected chi connectivity index (χ3v) is 10.8. The van der Waals surface area contributed by atoms with Crippen LogP contribution in [0.2, 0.25) is 0 Å². The Morgan fingerprint density at radius 2 is 1.05 bits per heavy atom. The molecular formula is C42H76NO12P. The zero-order chi connectivity index (χ0) is 41.6. The van der Waals surface area contributed by atoms with Crippen LogP contribution in [-0.4, -0.2) is 108 Å². The third-order valence-electron chi connectivity index (χ3n) is 9.86. The van der Waals surface area contributed by atoms with E-state index in [-0.39, 0.29) is 6.42 Å². The van der Waals surface area contributed by atoms with Crippen molar-refractivity contribution in [1.82, 2.24) is 5.32 Å². The summed E-state index contributed by atoms with van der Waals surface area (Å²) in [6, 6.07) is -1.26. The molecule has 1 aliphatic carbocycles. The minimum absolute atomic E-state index is 0.263. The van der Waals surface area contributed by atoms with Crippen LogP contribution in [0.1, 0.15) is 149 Å². The number of aliphatic hydroxyl groups is 7. The van der Waals surface area contributed by atoms with E-state index in [1.807, 2.05) is 6.08 Å². The summed E-state index contributed by atoms with van der Waals surface area (Å²) in [5, 5.41) is 74.2.